The summed E-state index contributed by atoms with van der Waals surface area (Å²) in [5, 5.41) is 12.4. The van der Waals surface area contributed by atoms with E-state index in [0.717, 1.165) is 5.69 Å². The zero-order valence-electron chi connectivity index (χ0n) is 9.46. The van der Waals surface area contributed by atoms with Crippen LogP contribution in [0.3, 0.4) is 0 Å². The molecule has 1 aromatic carbocycles. The molecule has 0 aliphatic rings. The minimum absolute atomic E-state index is 0.234. The van der Waals surface area contributed by atoms with E-state index < -0.39 is 0 Å². The van der Waals surface area contributed by atoms with Crippen molar-refractivity contribution in [2.45, 2.75) is 20.0 Å². The molecule has 0 saturated heterocycles. The zero-order valence-corrected chi connectivity index (χ0v) is 10.2. The maximum Gasteiger partial charge on any atom is 0.0992 e. The highest BCUT2D eigenvalue weighted by molar-refractivity contribution is 6.33. The van der Waals surface area contributed by atoms with Gasteiger partial charge in [-0.25, -0.2) is 0 Å². The summed E-state index contributed by atoms with van der Waals surface area (Å²) in [7, 11) is 0. The van der Waals surface area contributed by atoms with Gasteiger partial charge < -0.3 is 10.1 Å². The first-order valence-corrected chi connectivity index (χ1v) is 5.56. The van der Waals surface area contributed by atoms with E-state index >= 15 is 0 Å². The Hall–Kier alpha value is -1.24. The van der Waals surface area contributed by atoms with Crippen molar-refractivity contribution in [2.75, 3.05) is 18.5 Å². The smallest absolute Gasteiger partial charge is 0.0992 e. The normalized spacial score (nSPS) is 10.2. The minimum atomic E-state index is 0.234. The number of anilines is 1. The van der Waals surface area contributed by atoms with E-state index in [9.17, 15) is 0 Å². The minimum Gasteiger partial charge on any atom is -0.382 e. The Morgan fingerprint density at radius 1 is 1.50 bits per heavy atom. The van der Waals surface area contributed by atoms with Crippen molar-refractivity contribution in [2.24, 2.45) is 0 Å². The van der Waals surface area contributed by atoms with E-state index in [4.69, 9.17) is 21.6 Å². The predicted octanol–water partition coefficient (Wildman–Crippen LogP) is 3.05. The van der Waals surface area contributed by atoms with Crippen LogP contribution in [0.2, 0.25) is 5.02 Å². The quantitative estimate of drug-likeness (QED) is 0.802. The molecule has 4 heteroatoms. The van der Waals surface area contributed by atoms with Gasteiger partial charge in [-0.2, -0.15) is 5.26 Å². The highest BCUT2D eigenvalue weighted by atomic mass is 35.5. The van der Waals surface area contributed by atoms with Gasteiger partial charge in [0, 0.05) is 6.54 Å². The largest absolute Gasteiger partial charge is 0.382 e. The number of ether oxygens (including phenoxy) is 1. The lowest BCUT2D eigenvalue weighted by atomic mass is 10.2. The molecule has 1 aromatic rings. The van der Waals surface area contributed by atoms with Crippen LogP contribution in [-0.4, -0.2) is 19.3 Å². The van der Waals surface area contributed by atoms with Gasteiger partial charge in [-0.1, -0.05) is 11.6 Å². The van der Waals surface area contributed by atoms with Gasteiger partial charge in [0.1, 0.15) is 0 Å². The van der Waals surface area contributed by atoms with E-state index in [0.29, 0.717) is 23.7 Å². The number of nitrogens with one attached hydrogen (secondary N) is 1. The van der Waals surface area contributed by atoms with Gasteiger partial charge in [-0.3, -0.25) is 0 Å². The average Bonchev–Trinajstić information content (AvgIpc) is 2.25. The fourth-order valence-electron chi connectivity index (χ4n) is 1.21. The van der Waals surface area contributed by atoms with Crippen molar-refractivity contribution < 1.29 is 4.74 Å². The van der Waals surface area contributed by atoms with E-state index in [-0.39, 0.29) is 6.10 Å². The molecule has 0 unspecified atom stereocenters. The van der Waals surface area contributed by atoms with Gasteiger partial charge in [0.15, 0.2) is 0 Å². The lowest BCUT2D eigenvalue weighted by Crippen LogP contribution is -2.13. The molecule has 16 heavy (non-hydrogen) atoms. The molecule has 1 rings (SSSR count). The second-order valence-electron chi connectivity index (χ2n) is 3.65. The number of hydrogen-bond acceptors (Lipinski definition) is 3. The number of rotatable bonds is 5. The van der Waals surface area contributed by atoms with Crippen molar-refractivity contribution in [3.05, 3.63) is 28.8 Å². The van der Waals surface area contributed by atoms with Gasteiger partial charge in [-0.05, 0) is 32.0 Å². The first kappa shape index (κ1) is 12.8. The van der Waals surface area contributed by atoms with E-state index in [1.165, 1.54) is 0 Å². The Kier molecular flexibility index (Phi) is 5.10. The topological polar surface area (TPSA) is 45.0 Å². The van der Waals surface area contributed by atoms with Crippen LogP contribution in [0.15, 0.2) is 18.2 Å². The second-order valence-corrected chi connectivity index (χ2v) is 4.06. The van der Waals surface area contributed by atoms with E-state index in [1.54, 1.807) is 18.2 Å². The molecule has 86 valence electrons. The Balaban J connectivity index is 2.46. The highest BCUT2D eigenvalue weighted by Crippen LogP contribution is 2.22. The summed E-state index contributed by atoms with van der Waals surface area (Å²) in [4.78, 5) is 0. The molecule has 0 saturated carbocycles. The van der Waals surface area contributed by atoms with Crippen molar-refractivity contribution >= 4 is 17.3 Å². The summed E-state index contributed by atoms with van der Waals surface area (Å²) < 4.78 is 5.39. The summed E-state index contributed by atoms with van der Waals surface area (Å²) in [5.74, 6) is 0. The number of benzene rings is 1. The number of halogens is 1. The SMILES string of the molecule is CC(C)OCCNc1ccc(C#N)cc1Cl. The Bertz CT molecular complexity index is 385. The third-order valence-corrected chi connectivity index (χ3v) is 2.28. The molecule has 0 bridgehead atoms. The van der Waals surface area contributed by atoms with E-state index in [2.05, 4.69) is 5.32 Å². The van der Waals surface area contributed by atoms with Crippen molar-refractivity contribution in [3.8, 4) is 6.07 Å². The maximum absolute atomic E-state index is 8.68. The van der Waals surface area contributed by atoms with Crippen molar-refractivity contribution in [3.63, 3.8) is 0 Å². The fourth-order valence-corrected chi connectivity index (χ4v) is 1.46. The molecule has 0 heterocycles. The molecule has 1 N–H and O–H groups in total. The lowest BCUT2D eigenvalue weighted by molar-refractivity contribution is 0.0870. The standard InChI is InChI=1S/C12H15ClN2O/c1-9(2)16-6-5-15-12-4-3-10(8-14)7-11(12)13/h3-4,7,9,15H,5-6H2,1-2H3. The second kappa shape index (κ2) is 6.37. The first-order chi connectivity index (χ1) is 7.63. The third-order valence-electron chi connectivity index (χ3n) is 1.97. The van der Waals surface area contributed by atoms with Crippen LogP contribution < -0.4 is 5.32 Å². The van der Waals surface area contributed by atoms with Crippen LogP contribution >= 0.6 is 11.6 Å². The molecular formula is C12H15ClN2O. The summed E-state index contributed by atoms with van der Waals surface area (Å²) in [6, 6.07) is 7.22. The third kappa shape index (κ3) is 4.09. The summed E-state index contributed by atoms with van der Waals surface area (Å²) in [6.45, 7) is 5.32. The average molecular weight is 239 g/mol. The Labute approximate surface area is 101 Å². The van der Waals surface area contributed by atoms with Crippen LogP contribution in [0.25, 0.3) is 0 Å². The number of hydrogen-bond donors (Lipinski definition) is 1. The maximum atomic E-state index is 8.68. The fraction of sp³-hybridized carbons (Fsp3) is 0.417. The molecule has 0 amide bonds. The molecule has 0 aliphatic carbocycles. The van der Waals surface area contributed by atoms with Gasteiger partial charge in [0.2, 0.25) is 0 Å². The molecule has 0 fully saturated rings. The van der Waals surface area contributed by atoms with Crippen LogP contribution in [-0.2, 0) is 4.74 Å². The van der Waals surface area contributed by atoms with Gasteiger partial charge in [0.05, 0.1) is 35.1 Å². The van der Waals surface area contributed by atoms with Crippen LogP contribution in [0.5, 0.6) is 0 Å². The number of nitrogens with zero attached hydrogens (tertiary/aromatic N) is 1. The lowest BCUT2D eigenvalue weighted by Gasteiger charge is -2.10. The first-order valence-electron chi connectivity index (χ1n) is 5.18. The highest BCUT2D eigenvalue weighted by Gasteiger charge is 2.01. The van der Waals surface area contributed by atoms with Gasteiger partial charge in [0.25, 0.3) is 0 Å². The monoisotopic (exact) mass is 238 g/mol. The molecule has 0 atom stereocenters. The summed E-state index contributed by atoms with van der Waals surface area (Å²) >= 11 is 6.00. The predicted molar refractivity (Wildman–Crippen MR) is 65.7 cm³/mol. The van der Waals surface area contributed by atoms with E-state index in [1.807, 2.05) is 19.9 Å². The molecule has 0 spiro atoms. The molecular weight excluding hydrogens is 224 g/mol. The van der Waals surface area contributed by atoms with Crippen LogP contribution in [0.1, 0.15) is 19.4 Å². The van der Waals surface area contributed by atoms with Crippen molar-refractivity contribution in [1.29, 1.82) is 5.26 Å². The van der Waals surface area contributed by atoms with Crippen LogP contribution in [0.4, 0.5) is 5.69 Å². The molecule has 0 radical (unpaired) electrons. The van der Waals surface area contributed by atoms with Gasteiger partial charge >= 0.3 is 0 Å². The molecule has 0 aliphatic heterocycles. The molecule has 0 aromatic heterocycles. The van der Waals surface area contributed by atoms with Crippen LogP contribution in [0, 0.1) is 11.3 Å². The zero-order chi connectivity index (χ0) is 12.0. The number of nitriles is 1. The Morgan fingerprint density at radius 2 is 2.25 bits per heavy atom. The summed E-state index contributed by atoms with van der Waals surface area (Å²) in [5.41, 5.74) is 1.39. The molecule has 3 nitrogen and oxygen atoms in total. The Morgan fingerprint density at radius 3 is 2.81 bits per heavy atom. The van der Waals surface area contributed by atoms with Gasteiger partial charge in [-0.15, -0.1) is 0 Å². The van der Waals surface area contributed by atoms with Crippen molar-refractivity contribution in [1.82, 2.24) is 0 Å². The summed E-state index contributed by atoms with van der Waals surface area (Å²) in [6.07, 6.45) is 0.234.